The Morgan fingerprint density at radius 1 is 0.958 bits per heavy atom. The zero-order valence-electron chi connectivity index (χ0n) is 14.3. The minimum Gasteiger partial charge on any atom is -0.491 e. The summed E-state index contributed by atoms with van der Waals surface area (Å²) in [5.41, 5.74) is 3.93. The van der Waals surface area contributed by atoms with Crippen LogP contribution in [0.5, 0.6) is 5.75 Å². The van der Waals surface area contributed by atoms with Gasteiger partial charge in [-0.15, -0.1) is 0 Å². The molecule has 0 spiro atoms. The van der Waals surface area contributed by atoms with Crippen molar-refractivity contribution in [3.8, 4) is 5.75 Å². The lowest BCUT2D eigenvalue weighted by Crippen LogP contribution is -2.27. The number of hydrogen-bond acceptors (Lipinski definition) is 4. The van der Waals surface area contributed by atoms with E-state index in [1.54, 1.807) is 12.1 Å². The van der Waals surface area contributed by atoms with Gasteiger partial charge in [0.05, 0.1) is 11.5 Å². The predicted octanol–water partition coefficient (Wildman–Crippen LogP) is 2.97. The maximum absolute atomic E-state index is 12.2. The molecule has 2 aromatic carbocycles. The third-order valence-electron chi connectivity index (χ3n) is 3.59. The number of ether oxygens (including phenoxy) is 1. The van der Waals surface area contributed by atoms with Crippen molar-refractivity contribution in [2.24, 2.45) is 0 Å². The molecule has 0 amide bonds. The topological polar surface area (TPSA) is 63.6 Å². The molecular formula is C19H24O4S. The van der Waals surface area contributed by atoms with Crippen LogP contribution in [0.15, 0.2) is 42.5 Å². The van der Waals surface area contributed by atoms with Crippen molar-refractivity contribution in [2.45, 2.75) is 32.6 Å². The van der Waals surface area contributed by atoms with E-state index >= 15 is 0 Å². The summed E-state index contributed by atoms with van der Waals surface area (Å²) in [7, 11) is -3.40. The number of sulfone groups is 1. The van der Waals surface area contributed by atoms with Crippen molar-refractivity contribution in [1.29, 1.82) is 0 Å². The highest BCUT2D eigenvalue weighted by Crippen LogP contribution is 2.17. The molecule has 0 radical (unpaired) electrons. The summed E-state index contributed by atoms with van der Waals surface area (Å²) in [6.07, 6.45) is -1.05. The van der Waals surface area contributed by atoms with Crippen LogP contribution in [0.2, 0.25) is 0 Å². The first kappa shape index (κ1) is 18.5. The lowest BCUT2D eigenvalue weighted by Gasteiger charge is -2.14. The number of aliphatic hydroxyl groups excluding tert-OH is 1. The van der Waals surface area contributed by atoms with Gasteiger partial charge in [0.15, 0.2) is 9.84 Å². The zero-order chi connectivity index (χ0) is 17.7. The second kappa shape index (κ2) is 7.81. The minimum atomic E-state index is -3.40. The molecule has 1 N–H and O–H groups in total. The fourth-order valence-corrected chi connectivity index (χ4v) is 4.05. The Kier molecular flexibility index (Phi) is 6.02. The first-order valence-corrected chi connectivity index (χ1v) is 9.71. The van der Waals surface area contributed by atoms with E-state index in [1.165, 1.54) is 0 Å². The highest BCUT2D eigenvalue weighted by Gasteiger charge is 2.18. The van der Waals surface area contributed by atoms with E-state index in [2.05, 4.69) is 0 Å². The quantitative estimate of drug-likeness (QED) is 0.835. The number of aryl methyl sites for hydroxylation is 3. The molecule has 0 saturated heterocycles. The van der Waals surface area contributed by atoms with Crippen LogP contribution < -0.4 is 4.74 Å². The molecular weight excluding hydrogens is 324 g/mol. The molecule has 1 atom stereocenters. The molecule has 130 valence electrons. The normalized spacial score (nSPS) is 12.8. The summed E-state index contributed by atoms with van der Waals surface area (Å²) in [5.74, 6) is 0.252. The van der Waals surface area contributed by atoms with Crippen molar-refractivity contribution >= 4 is 9.84 Å². The molecule has 2 rings (SSSR count). The Balaban J connectivity index is 1.90. The van der Waals surface area contributed by atoms with Gasteiger partial charge < -0.3 is 9.84 Å². The van der Waals surface area contributed by atoms with E-state index in [4.69, 9.17) is 4.74 Å². The summed E-state index contributed by atoms with van der Waals surface area (Å²) in [5, 5.41) is 10.0. The van der Waals surface area contributed by atoms with Crippen molar-refractivity contribution in [1.82, 2.24) is 0 Å². The zero-order valence-corrected chi connectivity index (χ0v) is 15.1. The van der Waals surface area contributed by atoms with Crippen LogP contribution in [-0.4, -0.2) is 32.0 Å². The van der Waals surface area contributed by atoms with Crippen molar-refractivity contribution < 1.29 is 18.3 Å². The smallest absolute Gasteiger partial charge is 0.157 e. The summed E-state index contributed by atoms with van der Waals surface area (Å²) in [6.45, 7) is 5.83. The van der Waals surface area contributed by atoms with E-state index in [0.29, 0.717) is 5.75 Å². The lowest BCUT2D eigenvalue weighted by atomic mass is 10.1. The Labute approximate surface area is 144 Å². The summed E-state index contributed by atoms with van der Waals surface area (Å²) in [4.78, 5) is 0. The number of rotatable bonds is 7. The van der Waals surface area contributed by atoms with E-state index in [1.807, 2.05) is 51.1 Å². The van der Waals surface area contributed by atoms with Gasteiger partial charge in [-0.25, -0.2) is 8.42 Å². The number of hydrogen-bond donors (Lipinski definition) is 1. The Hall–Kier alpha value is -1.85. The van der Waals surface area contributed by atoms with Crippen LogP contribution in [0.25, 0.3) is 0 Å². The van der Waals surface area contributed by atoms with Gasteiger partial charge in [0, 0.05) is 0 Å². The summed E-state index contributed by atoms with van der Waals surface area (Å²) >= 11 is 0. The van der Waals surface area contributed by atoms with Gasteiger partial charge in [-0.2, -0.15) is 0 Å². The summed E-state index contributed by atoms with van der Waals surface area (Å²) < 4.78 is 29.9. The van der Waals surface area contributed by atoms with Crippen LogP contribution in [0.3, 0.4) is 0 Å². The lowest BCUT2D eigenvalue weighted by molar-refractivity contribution is 0.125. The minimum absolute atomic E-state index is 0.0456. The maximum atomic E-state index is 12.2. The van der Waals surface area contributed by atoms with Crippen LogP contribution in [0.4, 0.5) is 0 Å². The number of benzene rings is 2. The van der Waals surface area contributed by atoms with Gasteiger partial charge in [0.25, 0.3) is 0 Å². The van der Waals surface area contributed by atoms with Crippen molar-refractivity contribution in [3.05, 3.63) is 64.7 Å². The molecule has 24 heavy (non-hydrogen) atoms. The number of aliphatic hydroxyl groups is 1. The average Bonchev–Trinajstić information content (AvgIpc) is 2.46. The van der Waals surface area contributed by atoms with E-state index < -0.39 is 15.9 Å². The molecule has 2 aromatic rings. The molecule has 0 aliphatic heterocycles. The molecule has 0 bridgehead atoms. The predicted molar refractivity (Wildman–Crippen MR) is 96.1 cm³/mol. The van der Waals surface area contributed by atoms with Gasteiger partial charge in [-0.3, -0.25) is 0 Å². The van der Waals surface area contributed by atoms with Crippen LogP contribution in [0, 0.1) is 20.8 Å². The molecule has 4 nitrogen and oxygen atoms in total. The van der Waals surface area contributed by atoms with Crippen molar-refractivity contribution in [2.75, 3.05) is 12.4 Å². The SMILES string of the molecule is Cc1ccc(CS(=O)(=O)CC(O)COc2cc(C)cc(C)c2)cc1. The second-order valence-corrected chi connectivity index (χ2v) is 8.44. The van der Waals surface area contributed by atoms with Crippen molar-refractivity contribution in [3.63, 3.8) is 0 Å². The summed E-state index contributed by atoms with van der Waals surface area (Å²) in [6, 6.07) is 13.1. The van der Waals surface area contributed by atoms with E-state index in [-0.39, 0.29) is 18.1 Å². The molecule has 0 fully saturated rings. The standard InChI is InChI=1S/C19H24O4S/c1-14-4-6-17(7-5-14)12-24(21,22)13-18(20)11-23-19-9-15(2)8-16(3)10-19/h4-10,18,20H,11-13H2,1-3H3. The van der Waals surface area contributed by atoms with Gasteiger partial charge in [0.1, 0.15) is 18.5 Å². The van der Waals surface area contributed by atoms with E-state index in [9.17, 15) is 13.5 Å². The first-order valence-electron chi connectivity index (χ1n) is 7.89. The molecule has 0 aliphatic carbocycles. The van der Waals surface area contributed by atoms with Gasteiger partial charge in [-0.05, 0) is 49.6 Å². The molecule has 0 aliphatic rings. The molecule has 0 aromatic heterocycles. The monoisotopic (exact) mass is 348 g/mol. The third-order valence-corrected chi connectivity index (χ3v) is 5.26. The Morgan fingerprint density at radius 2 is 1.54 bits per heavy atom. The average molecular weight is 348 g/mol. The maximum Gasteiger partial charge on any atom is 0.157 e. The van der Waals surface area contributed by atoms with Gasteiger partial charge in [0.2, 0.25) is 0 Å². The molecule has 5 heteroatoms. The van der Waals surface area contributed by atoms with Gasteiger partial charge >= 0.3 is 0 Å². The van der Waals surface area contributed by atoms with Crippen LogP contribution in [0.1, 0.15) is 22.3 Å². The highest BCUT2D eigenvalue weighted by molar-refractivity contribution is 7.90. The molecule has 0 saturated carbocycles. The van der Waals surface area contributed by atoms with Crippen LogP contribution >= 0.6 is 0 Å². The Morgan fingerprint density at radius 3 is 2.12 bits per heavy atom. The van der Waals surface area contributed by atoms with Gasteiger partial charge in [-0.1, -0.05) is 35.9 Å². The largest absolute Gasteiger partial charge is 0.491 e. The molecule has 0 heterocycles. The first-order chi connectivity index (χ1) is 11.2. The highest BCUT2D eigenvalue weighted by atomic mass is 32.2. The Bertz CT molecular complexity index is 759. The molecule has 1 unspecified atom stereocenters. The fourth-order valence-electron chi connectivity index (χ4n) is 2.55. The van der Waals surface area contributed by atoms with E-state index in [0.717, 1.165) is 22.3 Å². The third kappa shape index (κ3) is 5.98. The van der Waals surface area contributed by atoms with Crippen LogP contribution in [-0.2, 0) is 15.6 Å². The fraction of sp³-hybridized carbons (Fsp3) is 0.368. The second-order valence-electron chi connectivity index (χ2n) is 6.33.